The second kappa shape index (κ2) is 5.67. The summed E-state index contributed by atoms with van der Waals surface area (Å²) in [6, 6.07) is 5.94. The lowest BCUT2D eigenvalue weighted by Crippen LogP contribution is -2.09. The molecule has 0 fully saturated rings. The van der Waals surface area contributed by atoms with Gasteiger partial charge in [0.2, 0.25) is 0 Å². The quantitative estimate of drug-likeness (QED) is 0.500. The van der Waals surface area contributed by atoms with Gasteiger partial charge in [-0.2, -0.15) is 5.10 Å². The number of allylic oxidation sites excluding steroid dienone is 1. The zero-order valence-corrected chi connectivity index (χ0v) is 9.41. The van der Waals surface area contributed by atoms with E-state index in [1.807, 2.05) is 0 Å². The zero-order valence-electron chi connectivity index (χ0n) is 9.41. The third-order valence-corrected chi connectivity index (χ3v) is 2.13. The minimum Gasteiger partial charge on any atom is -0.494 e. The van der Waals surface area contributed by atoms with Crippen LogP contribution in [0.5, 0.6) is 0 Å². The first-order valence-corrected chi connectivity index (χ1v) is 5.24. The van der Waals surface area contributed by atoms with Gasteiger partial charge in [-0.15, -0.1) is 0 Å². The molecular weight excluding hydrogens is 238 g/mol. The van der Waals surface area contributed by atoms with E-state index in [2.05, 4.69) is 10.5 Å². The Kier molecular flexibility index (Phi) is 3.75. The van der Waals surface area contributed by atoms with Crippen molar-refractivity contribution in [3.63, 3.8) is 0 Å². The van der Waals surface area contributed by atoms with E-state index in [1.165, 1.54) is 24.6 Å². The lowest BCUT2D eigenvalue weighted by molar-refractivity contribution is -0.384. The van der Waals surface area contributed by atoms with E-state index >= 15 is 0 Å². The van der Waals surface area contributed by atoms with Crippen LogP contribution in [0.1, 0.15) is 0 Å². The Morgan fingerprint density at radius 1 is 1.33 bits per heavy atom. The maximum Gasteiger partial charge on any atom is 0.269 e. The topological polar surface area (TPSA) is 86.0 Å². The number of nitrogens with zero attached hydrogens (tertiary/aromatic N) is 2. The second-order valence-electron chi connectivity index (χ2n) is 3.41. The fourth-order valence-electron chi connectivity index (χ4n) is 1.28. The maximum absolute atomic E-state index is 10.5. The number of hydrogen-bond acceptors (Lipinski definition) is 6. The number of nitro benzene ring substituents is 1. The van der Waals surface area contributed by atoms with Crippen LogP contribution in [0.4, 0.5) is 11.4 Å². The molecule has 0 amide bonds. The lowest BCUT2D eigenvalue weighted by Gasteiger charge is -2.11. The van der Waals surface area contributed by atoms with Crippen LogP contribution >= 0.6 is 0 Å². The standard InChI is InChI=1S/C11H11N3O4/c15-14(16)10-3-1-9(2-4-10)13-12-7-11-8-17-5-6-18-11/h1-4,7-8,13H,5-6H2. The van der Waals surface area contributed by atoms with Crippen molar-refractivity contribution >= 4 is 17.6 Å². The summed E-state index contributed by atoms with van der Waals surface area (Å²) in [5, 5.41) is 14.4. The van der Waals surface area contributed by atoms with Gasteiger partial charge in [-0.1, -0.05) is 0 Å². The normalized spacial score (nSPS) is 14.6. The summed E-state index contributed by atoms with van der Waals surface area (Å²) < 4.78 is 10.3. The van der Waals surface area contributed by atoms with Gasteiger partial charge in [0.05, 0.1) is 16.8 Å². The third-order valence-electron chi connectivity index (χ3n) is 2.13. The number of hydrogen-bond donors (Lipinski definition) is 1. The molecule has 7 heteroatoms. The molecule has 1 aliphatic heterocycles. The molecular formula is C11H11N3O4. The van der Waals surface area contributed by atoms with Crippen LogP contribution in [0.2, 0.25) is 0 Å². The first-order valence-electron chi connectivity index (χ1n) is 5.24. The SMILES string of the molecule is O=[N+]([O-])c1ccc(NN=CC2=COCCO2)cc1. The number of ether oxygens (including phenoxy) is 2. The van der Waals surface area contributed by atoms with Crippen molar-refractivity contribution in [1.29, 1.82) is 0 Å². The van der Waals surface area contributed by atoms with Gasteiger partial charge in [-0.3, -0.25) is 15.5 Å². The molecule has 0 saturated carbocycles. The highest BCUT2D eigenvalue weighted by Gasteiger charge is 2.03. The summed E-state index contributed by atoms with van der Waals surface area (Å²) in [6.07, 6.45) is 2.95. The Bertz CT molecular complexity index is 482. The molecule has 7 nitrogen and oxygen atoms in total. The number of benzene rings is 1. The number of hydrazone groups is 1. The van der Waals surface area contributed by atoms with Gasteiger partial charge in [-0.25, -0.2) is 0 Å². The molecule has 0 aromatic heterocycles. The highest BCUT2D eigenvalue weighted by atomic mass is 16.6. The van der Waals surface area contributed by atoms with E-state index in [0.717, 1.165) is 0 Å². The monoisotopic (exact) mass is 249 g/mol. The maximum atomic E-state index is 10.5. The van der Waals surface area contributed by atoms with E-state index in [4.69, 9.17) is 9.47 Å². The van der Waals surface area contributed by atoms with Crippen molar-refractivity contribution in [1.82, 2.24) is 0 Å². The molecule has 0 atom stereocenters. The molecule has 1 aliphatic rings. The lowest BCUT2D eigenvalue weighted by atomic mass is 10.3. The Balaban J connectivity index is 1.91. The predicted octanol–water partition coefficient (Wildman–Crippen LogP) is 1.88. The Labute approximate surface area is 103 Å². The molecule has 1 N–H and O–H groups in total. The van der Waals surface area contributed by atoms with E-state index < -0.39 is 4.92 Å². The van der Waals surface area contributed by atoms with E-state index in [9.17, 15) is 10.1 Å². The average molecular weight is 249 g/mol. The smallest absolute Gasteiger partial charge is 0.269 e. The van der Waals surface area contributed by atoms with Crippen molar-refractivity contribution in [2.75, 3.05) is 18.6 Å². The van der Waals surface area contributed by atoms with Crippen LogP contribution in [0, 0.1) is 10.1 Å². The van der Waals surface area contributed by atoms with Gasteiger partial charge >= 0.3 is 0 Å². The van der Waals surface area contributed by atoms with Crippen molar-refractivity contribution in [3.8, 4) is 0 Å². The van der Waals surface area contributed by atoms with Crippen LogP contribution in [-0.4, -0.2) is 24.4 Å². The van der Waals surface area contributed by atoms with E-state index in [0.29, 0.717) is 24.7 Å². The molecule has 1 aromatic rings. The second-order valence-corrected chi connectivity index (χ2v) is 3.41. The van der Waals surface area contributed by atoms with Gasteiger partial charge in [0.25, 0.3) is 5.69 Å². The van der Waals surface area contributed by atoms with Gasteiger partial charge in [0.15, 0.2) is 5.76 Å². The first-order chi connectivity index (χ1) is 8.75. The van der Waals surface area contributed by atoms with Crippen molar-refractivity contribution in [3.05, 3.63) is 46.4 Å². The Hall–Kier alpha value is -2.57. The number of anilines is 1. The Morgan fingerprint density at radius 3 is 2.72 bits per heavy atom. The van der Waals surface area contributed by atoms with Gasteiger partial charge in [0.1, 0.15) is 19.5 Å². The molecule has 94 valence electrons. The highest BCUT2D eigenvalue weighted by Crippen LogP contribution is 2.15. The van der Waals surface area contributed by atoms with Crippen LogP contribution in [0.15, 0.2) is 41.4 Å². The average Bonchev–Trinajstić information content (AvgIpc) is 2.40. The number of rotatable bonds is 4. The largest absolute Gasteiger partial charge is 0.494 e. The molecule has 0 spiro atoms. The summed E-state index contributed by atoms with van der Waals surface area (Å²) in [5.74, 6) is 0.524. The first kappa shape index (κ1) is 11.9. The van der Waals surface area contributed by atoms with E-state index in [1.54, 1.807) is 12.1 Å². The predicted molar refractivity (Wildman–Crippen MR) is 65.2 cm³/mol. The van der Waals surface area contributed by atoms with Crippen LogP contribution in [-0.2, 0) is 9.47 Å². The molecule has 1 heterocycles. The molecule has 0 unspecified atom stereocenters. The zero-order chi connectivity index (χ0) is 12.8. The summed E-state index contributed by atoms with van der Waals surface area (Å²) in [4.78, 5) is 10.00. The number of nitro groups is 1. The van der Waals surface area contributed by atoms with Crippen LogP contribution in [0.25, 0.3) is 0 Å². The minimum atomic E-state index is -0.453. The number of non-ortho nitro benzene ring substituents is 1. The van der Waals surface area contributed by atoms with Crippen molar-refractivity contribution in [2.24, 2.45) is 5.10 Å². The van der Waals surface area contributed by atoms with Crippen molar-refractivity contribution in [2.45, 2.75) is 0 Å². The van der Waals surface area contributed by atoms with Gasteiger partial charge in [-0.05, 0) is 12.1 Å². The molecule has 18 heavy (non-hydrogen) atoms. The fourth-order valence-corrected chi connectivity index (χ4v) is 1.28. The fraction of sp³-hybridized carbons (Fsp3) is 0.182. The summed E-state index contributed by atoms with van der Waals surface area (Å²) in [6.45, 7) is 1.03. The molecule has 2 rings (SSSR count). The van der Waals surface area contributed by atoms with Crippen LogP contribution in [0.3, 0.4) is 0 Å². The third kappa shape index (κ3) is 3.21. The Morgan fingerprint density at radius 2 is 2.11 bits per heavy atom. The van der Waals surface area contributed by atoms with Gasteiger partial charge in [0, 0.05) is 12.1 Å². The van der Waals surface area contributed by atoms with Gasteiger partial charge < -0.3 is 9.47 Å². The van der Waals surface area contributed by atoms with Crippen LogP contribution < -0.4 is 5.43 Å². The minimum absolute atomic E-state index is 0.0382. The molecule has 0 saturated heterocycles. The van der Waals surface area contributed by atoms with Crippen molar-refractivity contribution < 1.29 is 14.4 Å². The molecule has 0 radical (unpaired) electrons. The highest BCUT2D eigenvalue weighted by molar-refractivity contribution is 5.76. The molecule has 0 bridgehead atoms. The summed E-state index contributed by atoms with van der Waals surface area (Å²) in [5.41, 5.74) is 3.41. The molecule has 1 aromatic carbocycles. The summed E-state index contributed by atoms with van der Waals surface area (Å²) in [7, 11) is 0. The molecule has 0 aliphatic carbocycles. The number of nitrogens with one attached hydrogen (secondary N) is 1. The summed E-state index contributed by atoms with van der Waals surface area (Å²) >= 11 is 0. The van der Waals surface area contributed by atoms with E-state index in [-0.39, 0.29) is 5.69 Å².